The number of amides is 1. The topological polar surface area (TPSA) is 79.4 Å². The van der Waals surface area contributed by atoms with E-state index in [0.29, 0.717) is 23.6 Å². The van der Waals surface area contributed by atoms with E-state index in [-0.39, 0.29) is 11.5 Å². The quantitative estimate of drug-likeness (QED) is 0.239. The van der Waals surface area contributed by atoms with Crippen LogP contribution in [0.2, 0.25) is 0 Å². The number of para-hydroxylation sites is 1. The first-order valence-electron chi connectivity index (χ1n) is 11.0. The molecule has 172 valence electrons. The number of rotatable bonds is 7. The number of H-pyrrole nitrogens is 1. The lowest BCUT2D eigenvalue weighted by Crippen LogP contribution is -2.17. The minimum absolute atomic E-state index is 0.250. The molecule has 0 aliphatic heterocycles. The Hall–Kier alpha value is -4.78. The molecule has 4 aromatic carbocycles. The molecule has 2 N–H and O–H groups in total. The highest BCUT2D eigenvalue weighted by Crippen LogP contribution is 2.30. The Bertz CT molecular complexity index is 1500. The van der Waals surface area contributed by atoms with E-state index in [1.165, 1.54) is 18.3 Å². The lowest BCUT2D eigenvalue weighted by molar-refractivity contribution is 0.0950. The van der Waals surface area contributed by atoms with Crippen molar-refractivity contribution in [3.05, 3.63) is 120 Å². The predicted octanol–water partition coefficient (Wildman–Crippen LogP) is 5.71. The molecule has 7 heteroatoms. The van der Waals surface area contributed by atoms with E-state index in [9.17, 15) is 9.18 Å². The van der Waals surface area contributed by atoms with E-state index in [4.69, 9.17) is 4.74 Å². The number of nitrogens with one attached hydrogen (secondary N) is 2. The average molecular weight is 465 g/mol. The Morgan fingerprint density at radius 1 is 0.971 bits per heavy atom. The highest BCUT2D eigenvalue weighted by molar-refractivity contribution is 5.94. The predicted molar refractivity (Wildman–Crippen MR) is 134 cm³/mol. The third kappa shape index (κ3) is 5.09. The molecular formula is C28H21FN4O2. The van der Waals surface area contributed by atoms with Crippen LogP contribution in [0.5, 0.6) is 5.75 Å². The van der Waals surface area contributed by atoms with Crippen LogP contribution >= 0.6 is 0 Å². The average Bonchev–Trinajstić information content (AvgIpc) is 3.39. The third-order valence-electron chi connectivity index (χ3n) is 5.50. The minimum atomic E-state index is -0.448. The maximum Gasteiger partial charge on any atom is 0.289 e. The van der Waals surface area contributed by atoms with Gasteiger partial charge in [0.2, 0.25) is 0 Å². The summed E-state index contributed by atoms with van der Waals surface area (Å²) >= 11 is 0. The highest BCUT2D eigenvalue weighted by atomic mass is 19.1. The summed E-state index contributed by atoms with van der Waals surface area (Å²) < 4.78 is 19.2. The van der Waals surface area contributed by atoms with Crippen molar-refractivity contribution in [2.24, 2.45) is 5.10 Å². The van der Waals surface area contributed by atoms with Crippen LogP contribution in [0.4, 0.5) is 4.39 Å². The molecule has 0 radical (unpaired) electrons. The van der Waals surface area contributed by atoms with Gasteiger partial charge in [0, 0.05) is 5.56 Å². The van der Waals surface area contributed by atoms with Gasteiger partial charge < -0.3 is 4.74 Å². The summed E-state index contributed by atoms with van der Waals surface area (Å²) in [5.41, 5.74) is 5.77. The Kier molecular flexibility index (Phi) is 6.30. The number of hydrogen-bond acceptors (Lipinski definition) is 4. The molecule has 0 spiro atoms. The first kappa shape index (κ1) is 22.0. The normalized spacial score (nSPS) is 11.1. The smallest absolute Gasteiger partial charge is 0.289 e. The molecule has 0 fully saturated rings. The summed E-state index contributed by atoms with van der Waals surface area (Å²) in [4.78, 5) is 12.5. The zero-order chi connectivity index (χ0) is 24.0. The largest absolute Gasteiger partial charge is 0.488 e. The van der Waals surface area contributed by atoms with Gasteiger partial charge in [-0.3, -0.25) is 9.89 Å². The summed E-state index contributed by atoms with van der Waals surface area (Å²) in [5, 5.41) is 13.3. The number of aromatic amines is 1. The molecule has 0 saturated carbocycles. The number of halogens is 1. The Morgan fingerprint density at radius 2 is 1.74 bits per heavy atom. The molecule has 5 aromatic rings. The van der Waals surface area contributed by atoms with Gasteiger partial charge >= 0.3 is 0 Å². The number of benzene rings is 4. The van der Waals surface area contributed by atoms with Crippen LogP contribution in [0, 0.1) is 5.82 Å². The first-order chi connectivity index (χ1) is 17.2. The van der Waals surface area contributed by atoms with E-state index in [1.54, 1.807) is 18.2 Å². The van der Waals surface area contributed by atoms with Gasteiger partial charge in [-0.1, -0.05) is 66.7 Å². The van der Waals surface area contributed by atoms with E-state index in [1.807, 2.05) is 48.5 Å². The third-order valence-corrected chi connectivity index (χ3v) is 5.50. The fourth-order valence-corrected chi connectivity index (χ4v) is 3.73. The minimum Gasteiger partial charge on any atom is -0.488 e. The van der Waals surface area contributed by atoms with Gasteiger partial charge in [0.05, 0.1) is 11.9 Å². The van der Waals surface area contributed by atoms with Crippen molar-refractivity contribution in [2.45, 2.75) is 6.61 Å². The van der Waals surface area contributed by atoms with Crippen LogP contribution < -0.4 is 10.2 Å². The zero-order valence-electron chi connectivity index (χ0n) is 18.6. The van der Waals surface area contributed by atoms with Crippen molar-refractivity contribution < 1.29 is 13.9 Å². The lowest BCUT2D eigenvalue weighted by Gasteiger charge is -2.12. The van der Waals surface area contributed by atoms with Crippen molar-refractivity contribution >= 4 is 22.9 Å². The molecule has 35 heavy (non-hydrogen) atoms. The zero-order valence-corrected chi connectivity index (χ0v) is 18.6. The summed E-state index contributed by atoms with van der Waals surface area (Å²) in [5.74, 6) is -0.123. The van der Waals surface area contributed by atoms with Crippen molar-refractivity contribution in [2.75, 3.05) is 0 Å². The van der Waals surface area contributed by atoms with Gasteiger partial charge in [-0.2, -0.15) is 10.2 Å². The molecule has 1 amide bonds. The molecule has 0 aliphatic rings. The van der Waals surface area contributed by atoms with Crippen LogP contribution in [0.3, 0.4) is 0 Å². The maximum atomic E-state index is 13.0. The number of hydrogen-bond donors (Lipinski definition) is 2. The number of carbonyl (C=O) groups is 1. The number of aromatic nitrogens is 2. The second-order valence-corrected chi connectivity index (χ2v) is 7.84. The van der Waals surface area contributed by atoms with Crippen LogP contribution in [0.15, 0.2) is 102 Å². The molecule has 0 saturated heterocycles. The van der Waals surface area contributed by atoms with Gasteiger partial charge in [0.1, 0.15) is 23.9 Å². The maximum absolute atomic E-state index is 13.0. The van der Waals surface area contributed by atoms with Gasteiger partial charge in [-0.25, -0.2) is 9.82 Å². The molecule has 0 atom stereocenters. The Morgan fingerprint density at radius 3 is 2.63 bits per heavy atom. The molecule has 6 nitrogen and oxygen atoms in total. The highest BCUT2D eigenvalue weighted by Gasteiger charge is 2.14. The van der Waals surface area contributed by atoms with Gasteiger partial charge in [-0.15, -0.1) is 0 Å². The van der Waals surface area contributed by atoms with Crippen LogP contribution in [0.25, 0.3) is 22.0 Å². The van der Waals surface area contributed by atoms with E-state index >= 15 is 0 Å². The standard InChI is InChI=1S/C28H21FN4O2/c29-22-14-12-19(13-15-22)17-30-33-28(34)26-16-25(31-32-26)24-10-3-4-11-27(24)35-18-21-8-5-7-20-6-1-2-9-23(20)21/h1-17H,18H2,(H,31,32)(H,33,34)/b30-17-. The molecule has 0 bridgehead atoms. The number of ether oxygens (including phenoxy) is 1. The van der Waals surface area contributed by atoms with E-state index < -0.39 is 5.91 Å². The molecule has 1 heterocycles. The van der Waals surface area contributed by atoms with Crippen molar-refractivity contribution in [1.29, 1.82) is 0 Å². The fourth-order valence-electron chi connectivity index (χ4n) is 3.73. The number of fused-ring (bicyclic) bond motifs is 1. The molecule has 5 rings (SSSR count). The number of nitrogens with zero attached hydrogens (tertiary/aromatic N) is 2. The number of carbonyl (C=O) groups excluding carboxylic acids is 1. The fraction of sp³-hybridized carbons (Fsp3) is 0.0357. The van der Waals surface area contributed by atoms with Gasteiger partial charge in [0.25, 0.3) is 5.91 Å². The lowest BCUT2D eigenvalue weighted by atomic mass is 10.1. The summed E-state index contributed by atoms with van der Waals surface area (Å²) in [6, 6.07) is 29.3. The van der Waals surface area contributed by atoms with E-state index in [2.05, 4.69) is 38.9 Å². The summed E-state index contributed by atoms with van der Waals surface area (Å²) in [6.45, 7) is 0.397. The molecule has 0 unspecified atom stereocenters. The van der Waals surface area contributed by atoms with Gasteiger partial charge in [-0.05, 0) is 52.2 Å². The Balaban J connectivity index is 1.29. The van der Waals surface area contributed by atoms with Crippen LogP contribution in [-0.2, 0) is 6.61 Å². The van der Waals surface area contributed by atoms with Crippen molar-refractivity contribution in [3.8, 4) is 17.0 Å². The van der Waals surface area contributed by atoms with Gasteiger partial charge in [0.15, 0.2) is 0 Å². The van der Waals surface area contributed by atoms with E-state index in [0.717, 1.165) is 21.9 Å². The molecule has 0 aliphatic carbocycles. The second kappa shape index (κ2) is 10.0. The van der Waals surface area contributed by atoms with Crippen LogP contribution in [-0.4, -0.2) is 22.3 Å². The summed E-state index contributed by atoms with van der Waals surface area (Å²) in [6.07, 6.45) is 1.44. The SMILES string of the molecule is O=C(N/N=C\c1ccc(F)cc1)c1cc(-c2ccccc2OCc2cccc3ccccc23)n[nH]1. The molecule has 1 aromatic heterocycles. The number of hydrazone groups is 1. The van der Waals surface area contributed by atoms with Crippen molar-refractivity contribution in [1.82, 2.24) is 15.6 Å². The Labute approximate surface area is 201 Å². The second-order valence-electron chi connectivity index (χ2n) is 7.84. The summed E-state index contributed by atoms with van der Waals surface area (Å²) in [7, 11) is 0. The first-order valence-corrected chi connectivity index (χ1v) is 11.0. The van der Waals surface area contributed by atoms with Crippen molar-refractivity contribution in [3.63, 3.8) is 0 Å². The van der Waals surface area contributed by atoms with Crippen LogP contribution in [0.1, 0.15) is 21.6 Å². The molecular weight excluding hydrogens is 443 g/mol. The monoisotopic (exact) mass is 464 g/mol.